The molecule has 26 heavy (non-hydrogen) atoms. The zero-order valence-corrected chi connectivity index (χ0v) is 15.5. The van der Waals surface area contributed by atoms with Crippen LogP contribution in [-0.2, 0) is 14.3 Å². The molecule has 0 unspecified atom stereocenters. The molecule has 0 aliphatic carbocycles. The molecule has 0 saturated carbocycles. The van der Waals surface area contributed by atoms with Crippen molar-refractivity contribution >= 4 is 40.8 Å². The molecule has 1 N–H and O–H groups in total. The Morgan fingerprint density at radius 3 is 2.15 bits per heavy atom. The molecule has 138 valence electrons. The first kappa shape index (κ1) is 19.9. The summed E-state index contributed by atoms with van der Waals surface area (Å²) in [5.41, 5.74) is 0.263. The summed E-state index contributed by atoms with van der Waals surface area (Å²) < 4.78 is 15.6. The predicted octanol–water partition coefficient (Wildman–Crippen LogP) is 3.95. The minimum absolute atomic E-state index is 0.263. The second kappa shape index (κ2) is 9.89. The number of carbonyl (C=O) groups is 2. The summed E-state index contributed by atoms with van der Waals surface area (Å²) in [4.78, 5) is 23.6. The van der Waals surface area contributed by atoms with Gasteiger partial charge in [0.25, 0.3) is 5.91 Å². The van der Waals surface area contributed by atoms with Gasteiger partial charge in [0.2, 0.25) is 0 Å². The van der Waals surface area contributed by atoms with Crippen LogP contribution in [0.3, 0.4) is 0 Å². The summed E-state index contributed by atoms with van der Waals surface area (Å²) in [5, 5.41) is 3.06. The average Bonchev–Trinajstić information content (AvgIpc) is 2.62. The van der Waals surface area contributed by atoms with Crippen molar-refractivity contribution in [3.8, 4) is 11.5 Å². The summed E-state index contributed by atoms with van der Waals surface area (Å²) in [7, 11) is 0. The number of esters is 1. The van der Waals surface area contributed by atoms with E-state index in [0.29, 0.717) is 18.1 Å². The highest BCUT2D eigenvalue weighted by Gasteiger charge is 2.13. The fourth-order valence-corrected chi connectivity index (χ4v) is 2.45. The molecule has 0 saturated heterocycles. The lowest BCUT2D eigenvalue weighted by Crippen LogP contribution is -2.24. The summed E-state index contributed by atoms with van der Waals surface area (Å²) in [6.45, 7) is 1.46. The number of benzene rings is 2. The Hall–Kier alpha value is -2.44. The van der Waals surface area contributed by atoms with Crippen LogP contribution in [0.1, 0.15) is 6.92 Å². The van der Waals surface area contributed by atoms with Crippen LogP contribution in [-0.4, -0.2) is 31.7 Å². The molecule has 0 fully saturated rings. The predicted molar refractivity (Wildman–Crippen MR) is 99.2 cm³/mol. The molecule has 0 spiro atoms. The fourth-order valence-electron chi connectivity index (χ4n) is 1.96. The number of halogens is 2. The number of nitrogens with one attached hydrogen (secondary N) is 1. The van der Waals surface area contributed by atoms with Crippen LogP contribution in [0.15, 0.2) is 42.5 Å². The molecule has 8 heteroatoms. The average molecular weight is 398 g/mol. The van der Waals surface area contributed by atoms with Crippen LogP contribution < -0.4 is 14.8 Å². The lowest BCUT2D eigenvalue weighted by molar-refractivity contribution is -0.149. The highest BCUT2D eigenvalue weighted by molar-refractivity contribution is 6.39. The maximum atomic E-state index is 11.9. The van der Waals surface area contributed by atoms with Crippen LogP contribution in [0.5, 0.6) is 11.5 Å². The van der Waals surface area contributed by atoms with Crippen LogP contribution in [0.2, 0.25) is 10.0 Å². The summed E-state index contributed by atoms with van der Waals surface area (Å²) in [6, 6.07) is 11.8. The van der Waals surface area contributed by atoms with Crippen molar-refractivity contribution in [2.24, 2.45) is 0 Å². The quantitative estimate of drug-likeness (QED) is 0.682. The van der Waals surface area contributed by atoms with E-state index in [0.717, 1.165) is 0 Å². The Labute approximate surface area is 160 Å². The smallest absolute Gasteiger partial charge is 0.344 e. The Kier molecular flexibility index (Phi) is 7.56. The first-order valence-electron chi connectivity index (χ1n) is 7.75. The summed E-state index contributed by atoms with van der Waals surface area (Å²) >= 11 is 11.9. The third-order valence-electron chi connectivity index (χ3n) is 3.09. The minimum Gasteiger partial charge on any atom is -0.490 e. The summed E-state index contributed by atoms with van der Waals surface area (Å²) in [5.74, 6) is -0.327. The fraction of sp³-hybridized carbons (Fsp3) is 0.222. The van der Waals surface area contributed by atoms with Crippen molar-refractivity contribution in [3.63, 3.8) is 0 Å². The van der Waals surface area contributed by atoms with Crippen LogP contribution in [0.4, 0.5) is 5.69 Å². The van der Waals surface area contributed by atoms with Crippen molar-refractivity contribution in [2.45, 2.75) is 6.92 Å². The Balaban J connectivity index is 1.81. The highest BCUT2D eigenvalue weighted by Crippen LogP contribution is 2.29. The Bertz CT molecular complexity index is 762. The monoisotopic (exact) mass is 397 g/mol. The molecule has 0 aliphatic heterocycles. The van der Waals surface area contributed by atoms with Crippen LogP contribution in [0, 0.1) is 0 Å². The minimum atomic E-state index is -0.697. The lowest BCUT2D eigenvalue weighted by atomic mass is 10.3. The van der Waals surface area contributed by atoms with E-state index in [4.69, 9.17) is 37.4 Å². The number of amides is 1. The first-order valence-corrected chi connectivity index (χ1v) is 8.51. The maximum Gasteiger partial charge on any atom is 0.344 e. The molecule has 0 heterocycles. The highest BCUT2D eigenvalue weighted by atomic mass is 35.5. The molecule has 0 aromatic heterocycles. The van der Waals surface area contributed by atoms with Gasteiger partial charge in [-0.15, -0.1) is 0 Å². The largest absolute Gasteiger partial charge is 0.490 e. The van der Waals surface area contributed by atoms with E-state index in [1.807, 2.05) is 6.92 Å². The third kappa shape index (κ3) is 5.82. The normalized spacial score (nSPS) is 10.1. The number of para-hydroxylation sites is 3. The van der Waals surface area contributed by atoms with Crippen molar-refractivity contribution in [3.05, 3.63) is 52.5 Å². The first-order chi connectivity index (χ1) is 12.5. The van der Waals surface area contributed by atoms with Gasteiger partial charge in [0, 0.05) is 0 Å². The molecule has 6 nitrogen and oxygen atoms in total. The molecule has 1 amide bonds. The van der Waals surface area contributed by atoms with E-state index in [1.54, 1.807) is 42.5 Å². The molecule has 2 aromatic carbocycles. The van der Waals surface area contributed by atoms with Crippen LogP contribution in [0.25, 0.3) is 0 Å². The Morgan fingerprint density at radius 1 is 0.923 bits per heavy atom. The summed E-state index contributed by atoms with van der Waals surface area (Å²) in [6.07, 6.45) is 0. The molecule has 0 aliphatic rings. The van der Waals surface area contributed by atoms with Gasteiger partial charge in [-0.05, 0) is 31.2 Å². The van der Waals surface area contributed by atoms with Gasteiger partial charge in [-0.2, -0.15) is 0 Å². The molecule has 0 radical (unpaired) electrons. The van der Waals surface area contributed by atoms with Gasteiger partial charge < -0.3 is 19.5 Å². The third-order valence-corrected chi connectivity index (χ3v) is 3.72. The van der Waals surface area contributed by atoms with E-state index in [-0.39, 0.29) is 22.3 Å². The van der Waals surface area contributed by atoms with E-state index in [1.165, 1.54) is 0 Å². The van der Waals surface area contributed by atoms with E-state index < -0.39 is 18.5 Å². The van der Waals surface area contributed by atoms with Gasteiger partial charge in [0.15, 0.2) is 24.7 Å². The van der Waals surface area contributed by atoms with E-state index >= 15 is 0 Å². The van der Waals surface area contributed by atoms with E-state index in [9.17, 15) is 9.59 Å². The maximum absolute atomic E-state index is 11.9. The van der Waals surface area contributed by atoms with Gasteiger partial charge in [-0.1, -0.05) is 41.4 Å². The zero-order valence-electron chi connectivity index (χ0n) is 14.0. The molecule has 0 bridgehead atoms. The van der Waals surface area contributed by atoms with Gasteiger partial charge >= 0.3 is 5.97 Å². The lowest BCUT2D eigenvalue weighted by Gasteiger charge is -2.12. The number of hydrogen-bond acceptors (Lipinski definition) is 5. The zero-order chi connectivity index (χ0) is 18.9. The second-order valence-corrected chi connectivity index (χ2v) is 5.79. The van der Waals surface area contributed by atoms with Gasteiger partial charge in [0.1, 0.15) is 0 Å². The van der Waals surface area contributed by atoms with Crippen molar-refractivity contribution in [1.29, 1.82) is 0 Å². The van der Waals surface area contributed by atoms with Crippen molar-refractivity contribution in [1.82, 2.24) is 0 Å². The SMILES string of the molecule is CCOc1ccccc1OCC(=O)OCC(=O)Nc1c(Cl)cccc1Cl. The van der Waals surface area contributed by atoms with Gasteiger partial charge in [-0.3, -0.25) is 4.79 Å². The molecular weight excluding hydrogens is 381 g/mol. The Morgan fingerprint density at radius 2 is 1.54 bits per heavy atom. The molecule has 2 rings (SSSR count). The van der Waals surface area contributed by atoms with Crippen molar-refractivity contribution < 1.29 is 23.8 Å². The molecular formula is C18H17Cl2NO5. The molecule has 0 atom stereocenters. The standard InChI is InChI=1S/C18H17Cl2NO5/c1-2-24-14-8-3-4-9-15(14)25-11-17(23)26-10-16(22)21-18-12(19)6-5-7-13(18)20/h3-9H,2,10-11H2,1H3,(H,21,22). The number of anilines is 1. The number of hydrogen-bond donors (Lipinski definition) is 1. The van der Waals surface area contributed by atoms with Gasteiger partial charge in [0.05, 0.1) is 22.3 Å². The van der Waals surface area contributed by atoms with Crippen molar-refractivity contribution in [2.75, 3.05) is 25.1 Å². The molecule has 2 aromatic rings. The number of carbonyl (C=O) groups excluding carboxylic acids is 2. The van der Waals surface area contributed by atoms with E-state index in [2.05, 4.69) is 5.32 Å². The number of ether oxygens (including phenoxy) is 3. The van der Waals surface area contributed by atoms with Crippen LogP contribution >= 0.6 is 23.2 Å². The number of rotatable bonds is 8. The second-order valence-electron chi connectivity index (χ2n) is 4.97. The van der Waals surface area contributed by atoms with Gasteiger partial charge in [-0.25, -0.2) is 4.79 Å². The topological polar surface area (TPSA) is 73.9 Å².